The first-order valence-corrected chi connectivity index (χ1v) is 7.75. The molecule has 0 bridgehead atoms. The summed E-state index contributed by atoms with van der Waals surface area (Å²) < 4.78 is 27.6. The number of hydrogen-bond donors (Lipinski definition) is 2. The predicted molar refractivity (Wildman–Crippen MR) is 75.5 cm³/mol. The van der Waals surface area contributed by atoms with Gasteiger partial charge in [-0.3, -0.25) is 9.48 Å². The van der Waals surface area contributed by atoms with Gasteiger partial charge in [0.1, 0.15) is 4.90 Å². The number of carbonyl (C=O) groups is 1. The van der Waals surface area contributed by atoms with Crippen LogP contribution in [0.4, 0.5) is 5.82 Å². The molecule has 1 heterocycles. The van der Waals surface area contributed by atoms with Crippen LogP contribution in [0.1, 0.15) is 19.5 Å². The van der Waals surface area contributed by atoms with Gasteiger partial charge >= 0.3 is 0 Å². The van der Waals surface area contributed by atoms with E-state index in [0.717, 1.165) is 4.31 Å². The smallest absolute Gasteiger partial charge is 0.249 e. The molecular formula is C11H21N5O3S. The van der Waals surface area contributed by atoms with Crippen LogP contribution in [0.5, 0.6) is 0 Å². The fourth-order valence-corrected chi connectivity index (χ4v) is 3.54. The Morgan fingerprint density at radius 1 is 1.45 bits per heavy atom. The standard InChI is InChI=1S/C11H21N5O3S/c1-5-13-9(17)7-16(6-2)20(18,19)10-8(3)15(4)14-11(10)12/h5-7H2,1-4H3,(H2,12,14)(H,13,17). The van der Waals surface area contributed by atoms with Crippen molar-refractivity contribution in [1.82, 2.24) is 19.4 Å². The van der Waals surface area contributed by atoms with Crippen molar-refractivity contribution in [1.29, 1.82) is 0 Å². The highest BCUT2D eigenvalue weighted by Gasteiger charge is 2.31. The van der Waals surface area contributed by atoms with E-state index in [0.29, 0.717) is 12.2 Å². The van der Waals surface area contributed by atoms with E-state index in [2.05, 4.69) is 10.4 Å². The molecular weight excluding hydrogens is 282 g/mol. The van der Waals surface area contributed by atoms with Gasteiger partial charge in [0.25, 0.3) is 0 Å². The number of carbonyl (C=O) groups excluding carboxylic acids is 1. The Kier molecular flexibility index (Phi) is 5.12. The van der Waals surface area contributed by atoms with Crippen LogP contribution in [0.3, 0.4) is 0 Å². The van der Waals surface area contributed by atoms with Crippen LogP contribution in [0.2, 0.25) is 0 Å². The van der Waals surface area contributed by atoms with E-state index in [4.69, 9.17) is 5.73 Å². The first kappa shape index (κ1) is 16.4. The maximum absolute atomic E-state index is 12.6. The highest BCUT2D eigenvalue weighted by molar-refractivity contribution is 7.89. The maximum atomic E-state index is 12.6. The molecule has 0 unspecified atom stereocenters. The zero-order valence-corrected chi connectivity index (χ0v) is 13.0. The zero-order chi connectivity index (χ0) is 15.5. The van der Waals surface area contributed by atoms with E-state index in [-0.39, 0.29) is 29.7 Å². The number of anilines is 1. The summed E-state index contributed by atoms with van der Waals surface area (Å²) in [6.45, 7) is 5.44. The molecule has 0 radical (unpaired) electrons. The summed E-state index contributed by atoms with van der Waals surface area (Å²) in [6.07, 6.45) is 0. The SMILES string of the molecule is CCNC(=O)CN(CC)S(=O)(=O)c1c(N)nn(C)c1C. The molecule has 1 aromatic heterocycles. The fourth-order valence-electron chi connectivity index (χ4n) is 1.84. The molecule has 20 heavy (non-hydrogen) atoms. The van der Waals surface area contributed by atoms with Crippen molar-refractivity contribution in [2.24, 2.45) is 7.05 Å². The second-order valence-electron chi connectivity index (χ2n) is 4.31. The lowest BCUT2D eigenvalue weighted by atomic mass is 10.5. The van der Waals surface area contributed by atoms with Gasteiger partial charge in [0.2, 0.25) is 15.9 Å². The Bertz CT molecular complexity index is 593. The number of rotatable bonds is 6. The van der Waals surface area contributed by atoms with Crippen LogP contribution >= 0.6 is 0 Å². The first-order chi connectivity index (χ1) is 9.25. The normalized spacial score (nSPS) is 11.8. The molecule has 0 aliphatic rings. The Morgan fingerprint density at radius 2 is 2.05 bits per heavy atom. The van der Waals surface area contributed by atoms with Crippen LogP contribution < -0.4 is 11.1 Å². The average Bonchev–Trinajstić information content (AvgIpc) is 2.60. The van der Waals surface area contributed by atoms with Crippen molar-refractivity contribution in [2.45, 2.75) is 25.7 Å². The van der Waals surface area contributed by atoms with Gasteiger partial charge in [-0.05, 0) is 13.8 Å². The Hall–Kier alpha value is -1.61. The second-order valence-corrected chi connectivity index (χ2v) is 6.18. The highest BCUT2D eigenvalue weighted by Crippen LogP contribution is 2.24. The van der Waals surface area contributed by atoms with E-state index >= 15 is 0 Å². The van der Waals surface area contributed by atoms with Crippen molar-refractivity contribution < 1.29 is 13.2 Å². The summed E-state index contributed by atoms with van der Waals surface area (Å²) in [5.41, 5.74) is 6.11. The third kappa shape index (κ3) is 3.10. The topological polar surface area (TPSA) is 110 Å². The van der Waals surface area contributed by atoms with Crippen LogP contribution in [0.15, 0.2) is 4.90 Å². The molecule has 3 N–H and O–H groups in total. The number of nitrogen functional groups attached to an aromatic ring is 1. The van der Waals surface area contributed by atoms with Crippen LogP contribution in [0.25, 0.3) is 0 Å². The fraction of sp³-hybridized carbons (Fsp3) is 0.636. The lowest BCUT2D eigenvalue weighted by molar-refractivity contribution is -0.121. The van der Waals surface area contributed by atoms with E-state index < -0.39 is 10.0 Å². The Morgan fingerprint density at radius 3 is 2.45 bits per heavy atom. The number of sulfonamides is 1. The minimum atomic E-state index is -3.84. The summed E-state index contributed by atoms with van der Waals surface area (Å²) in [7, 11) is -2.22. The van der Waals surface area contributed by atoms with Gasteiger partial charge in [-0.1, -0.05) is 6.92 Å². The molecule has 0 saturated heterocycles. The number of amides is 1. The quantitative estimate of drug-likeness (QED) is 0.733. The maximum Gasteiger partial charge on any atom is 0.249 e. The highest BCUT2D eigenvalue weighted by atomic mass is 32.2. The monoisotopic (exact) mass is 303 g/mol. The molecule has 0 saturated carbocycles. The number of aryl methyl sites for hydroxylation is 1. The molecule has 0 fully saturated rings. The van der Waals surface area contributed by atoms with Crippen molar-refractivity contribution >= 4 is 21.7 Å². The molecule has 114 valence electrons. The Labute approximate surface area is 119 Å². The summed E-state index contributed by atoms with van der Waals surface area (Å²) >= 11 is 0. The second kappa shape index (κ2) is 6.23. The Balaban J connectivity index is 3.16. The molecule has 1 amide bonds. The summed E-state index contributed by atoms with van der Waals surface area (Å²) in [4.78, 5) is 11.6. The number of likely N-dealkylation sites (N-methyl/N-ethyl adjacent to an activating group) is 2. The van der Waals surface area contributed by atoms with Crippen LogP contribution in [-0.4, -0.2) is 48.0 Å². The largest absolute Gasteiger partial charge is 0.381 e. The van der Waals surface area contributed by atoms with E-state index in [1.165, 1.54) is 4.68 Å². The molecule has 0 spiro atoms. The van der Waals surface area contributed by atoms with E-state index in [9.17, 15) is 13.2 Å². The minimum Gasteiger partial charge on any atom is -0.381 e. The van der Waals surface area contributed by atoms with Crippen molar-refractivity contribution in [3.63, 3.8) is 0 Å². The van der Waals surface area contributed by atoms with Gasteiger partial charge in [0, 0.05) is 20.1 Å². The average molecular weight is 303 g/mol. The van der Waals surface area contributed by atoms with E-state index in [1.807, 2.05) is 0 Å². The van der Waals surface area contributed by atoms with Gasteiger partial charge < -0.3 is 11.1 Å². The number of nitrogens with one attached hydrogen (secondary N) is 1. The molecule has 1 rings (SSSR count). The molecule has 9 heteroatoms. The summed E-state index contributed by atoms with van der Waals surface area (Å²) in [5.74, 6) is -0.405. The van der Waals surface area contributed by atoms with Crippen molar-refractivity contribution in [3.8, 4) is 0 Å². The van der Waals surface area contributed by atoms with Crippen molar-refractivity contribution in [2.75, 3.05) is 25.4 Å². The number of aromatic nitrogens is 2. The minimum absolute atomic E-state index is 0.0360. The third-order valence-corrected chi connectivity index (χ3v) is 5.04. The third-order valence-electron chi connectivity index (χ3n) is 2.95. The summed E-state index contributed by atoms with van der Waals surface area (Å²) in [5, 5.41) is 6.47. The van der Waals surface area contributed by atoms with Gasteiger partial charge in [0.15, 0.2) is 5.82 Å². The van der Waals surface area contributed by atoms with Gasteiger partial charge in [0.05, 0.1) is 12.2 Å². The molecule has 0 aliphatic carbocycles. The van der Waals surface area contributed by atoms with Crippen LogP contribution in [-0.2, 0) is 21.9 Å². The first-order valence-electron chi connectivity index (χ1n) is 6.31. The molecule has 0 atom stereocenters. The van der Waals surface area contributed by atoms with Gasteiger partial charge in [-0.15, -0.1) is 0 Å². The van der Waals surface area contributed by atoms with E-state index in [1.54, 1.807) is 27.8 Å². The summed E-state index contributed by atoms with van der Waals surface area (Å²) in [6, 6.07) is 0. The lowest BCUT2D eigenvalue weighted by Crippen LogP contribution is -2.40. The van der Waals surface area contributed by atoms with Gasteiger partial charge in [-0.2, -0.15) is 9.40 Å². The molecule has 0 aromatic carbocycles. The van der Waals surface area contributed by atoms with Crippen molar-refractivity contribution in [3.05, 3.63) is 5.69 Å². The number of hydrogen-bond acceptors (Lipinski definition) is 5. The lowest BCUT2D eigenvalue weighted by Gasteiger charge is -2.19. The molecule has 8 nitrogen and oxygen atoms in total. The predicted octanol–water partition coefficient (Wildman–Crippen LogP) is -0.543. The van der Waals surface area contributed by atoms with Gasteiger partial charge in [-0.25, -0.2) is 8.42 Å². The zero-order valence-electron chi connectivity index (χ0n) is 12.2. The number of nitrogens with two attached hydrogens (primary N) is 1. The molecule has 0 aliphatic heterocycles. The number of nitrogens with zero attached hydrogens (tertiary/aromatic N) is 3. The van der Waals surface area contributed by atoms with Crippen LogP contribution in [0, 0.1) is 6.92 Å². The molecule has 1 aromatic rings.